The largest absolute Gasteiger partial charge is 0.433 e. The van der Waals surface area contributed by atoms with Crippen LogP contribution in [0.5, 0.6) is 0 Å². The molecule has 0 saturated heterocycles. The zero-order chi connectivity index (χ0) is 14.7. The Kier molecular flexibility index (Phi) is 4.92. The maximum absolute atomic E-state index is 12.5. The maximum Gasteiger partial charge on any atom is 0.433 e. The van der Waals surface area contributed by atoms with E-state index in [0.29, 0.717) is 5.75 Å². The summed E-state index contributed by atoms with van der Waals surface area (Å²) in [4.78, 5) is 3.23. The summed E-state index contributed by atoms with van der Waals surface area (Å²) in [5.41, 5.74) is 3.72. The lowest BCUT2D eigenvalue weighted by molar-refractivity contribution is -0.141. The highest BCUT2D eigenvalue weighted by Gasteiger charge is 2.33. The lowest BCUT2D eigenvalue weighted by Crippen LogP contribution is -2.36. The van der Waals surface area contributed by atoms with E-state index in [-0.39, 0.29) is 17.9 Å². The van der Waals surface area contributed by atoms with Crippen LogP contribution in [-0.4, -0.2) is 34.2 Å². The molecule has 1 aromatic rings. The molecule has 1 unspecified atom stereocenters. The Bertz CT molecular complexity index is 438. The molecule has 1 heterocycles. The van der Waals surface area contributed by atoms with Crippen molar-refractivity contribution in [2.45, 2.75) is 18.7 Å². The van der Waals surface area contributed by atoms with Gasteiger partial charge >= 0.3 is 6.18 Å². The van der Waals surface area contributed by atoms with Gasteiger partial charge in [0.2, 0.25) is 0 Å². The van der Waals surface area contributed by atoms with Crippen LogP contribution in [0.1, 0.15) is 12.6 Å². The Morgan fingerprint density at radius 2 is 2.11 bits per heavy atom. The molecule has 1 atom stereocenters. The first-order valence-corrected chi connectivity index (χ1v) is 6.83. The van der Waals surface area contributed by atoms with Crippen LogP contribution in [0.15, 0.2) is 12.3 Å². The molecule has 0 aliphatic rings. The number of hydrogen-bond donors (Lipinski definition) is 3. The molecule has 0 fully saturated rings. The summed E-state index contributed by atoms with van der Waals surface area (Å²) in [6.45, 7) is 1.69. The van der Waals surface area contributed by atoms with Crippen LogP contribution < -0.4 is 11.1 Å². The molecule has 0 amide bonds. The molecule has 19 heavy (non-hydrogen) atoms. The van der Waals surface area contributed by atoms with Crippen molar-refractivity contribution >= 4 is 23.1 Å². The summed E-state index contributed by atoms with van der Waals surface area (Å²) in [5, 5.41) is 12.7. The standard InChI is InChI=1S/C11H16F3N3OS/c1-10(18,6-19-2)5-17-8-3-9(11(12,13)14)16-4-7(8)15/h3-4,18H,5-6,15H2,1-2H3,(H,16,17). The summed E-state index contributed by atoms with van der Waals surface area (Å²) in [6.07, 6.45) is -1.74. The highest BCUT2D eigenvalue weighted by atomic mass is 32.2. The predicted molar refractivity (Wildman–Crippen MR) is 71.1 cm³/mol. The molecule has 108 valence electrons. The third-order valence-corrected chi connectivity index (χ3v) is 3.25. The van der Waals surface area contributed by atoms with Crippen LogP contribution in [0.3, 0.4) is 0 Å². The highest BCUT2D eigenvalue weighted by Crippen LogP contribution is 2.31. The molecule has 4 N–H and O–H groups in total. The topological polar surface area (TPSA) is 71.2 Å². The number of hydrogen-bond acceptors (Lipinski definition) is 5. The van der Waals surface area contributed by atoms with Crippen molar-refractivity contribution in [3.63, 3.8) is 0 Å². The quantitative estimate of drug-likeness (QED) is 0.777. The van der Waals surface area contributed by atoms with E-state index in [1.165, 1.54) is 11.8 Å². The first-order chi connectivity index (χ1) is 8.65. The smallest absolute Gasteiger partial charge is 0.396 e. The van der Waals surface area contributed by atoms with Gasteiger partial charge < -0.3 is 16.2 Å². The summed E-state index contributed by atoms with van der Waals surface area (Å²) in [5.74, 6) is 0.455. The SMILES string of the molecule is CSCC(C)(O)CNc1cc(C(F)(F)F)ncc1N. The van der Waals surface area contributed by atoms with Crippen molar-refractivity contribution < 1.29 is 18.3 Å². The van der Waals surface area contributed by atoms with Crippen molar-refractivity contribution in [1.29, 1.82) is 0 Å². The Morgan fingerprint density at radius 3 is 2.63 bits per heavy atom. The van der Waals surface area contributed by atoms with Gasteiger partial charge in [-0.2, -0.15) is 24.9 Å². The molecule has 0 saturated carbocycles. The second-order valence-electron chi connectivity index (χ2n) is 4.44. The fourth-order valence-electron chi connectivity index (χ4n) is 1.42. The molecule has 0 radical (unpaired) electrons. The zero-order valence-electron chi connectivity index (χ0n) is 10.6. The molecule has 8 heteroatoms. The third kappa shape index (κ3) is 4.79. The van der Waals surface area contributed by atoms with E-state index in [2.05, 4.69) is 10.3 Å². The van der Waals surface area contributed by atoms with Gasteiger partial charge in [0.15, 0.2) is 0 Å². The number of nitrogens with zero attached hydrogens (tertiary/aromatic N) is 1. The number of pyridine rings is 1. The molecular weight excluding hydrogens is 279 g/mol. The summed E-state index contributed by atoms with van der Waals surface area (Å²) in [7, 11) is 0. The van der Waals surface area contributed by atoms with E-state index >= 15 is 0 Å². The number of nitrogen functional groups attached to an aromatic ring is 1. The van der Waals surface area contributed by atoms with E-state index in [1.54, 1.807) is 6.92 Å². The molecule has 0 aliphatic heterocycles. The summed E-state index contributed by atoms with van der Waals surface area (Å²) >= 11 is 1.44. The monoisotopic (exact) mass is 295 g/mol. The van der Waals surface area contributed by atoms with Gasteiger partial charge in [0.25, 0.3) is 0 Å². The van der Waals surface area contributed by atoms with Crippen LogP contribution in [0.25, 0.3) is 0 Å². The molecule has 4 nitrogen and oxygen atoms in total. The van der Waals surface area contributed by atoms with Crippen LogP contribution in [0.2, 0.25) is 0 Å². The van der Waals surface area contributed by atoms with Gasteiger partial charge in [-0.05, 0) is 19.2 Å². The number of rotatable bonds is 5. The lowest BCUT2D eigenvalue weighted by Gasteiger charge is -2.23. The van der Waals surface area contributed by atoms with Crippen molar-refractivity contribution in [2.75, 3.05) is 29.6 Å². The van der Waals surface area contributed by atoms with E-state index < -0.39 is 17.5 Å². The molecule has 0 spiro atoms. The van der Waals surface area contributed by atoms with Crippen molar-refractivity contribution in [1.82, 2.24) is 4.98 Å². The fraction of sp³-hybridized carbons (Fsp3) is 0.545. The highest BCUT2D eigenvalue weighted by molar-refractivity contribution is 7.98. The molecule has 0 aromatic carbocycles. The first-order valence-electron chi connectivity index (χ1n) is 5.43. The van der Waals surface area contributed by atoms with Crippen LogP contribution in [0.4, 0.5) is 24.5 Å². The minimum absolute atomic E-state index is 0.0966. The van der Waals surface area contributed by atoms with Gasteiger partial charge in [0.05, 0.1) is 23.2 Å². The van der Waals surface area contributed by atoms with Crippen LogP contribution in [-0.2, 0) is 6.18 Å². The molecule has 1 aromatic heterocycles. The van der Waals surface area contributed by atoms with Gasteiger partial charge in [0.1, 0.15) is 5.69 Å². The second-order valence-corrected chi connectivity index (χ2v) is 5.30. The molecule has 0 aliphatic carbocycles. The number of nitrogens with one attached hydrogen (secondary N) is 1. The molecular formula is C11H16F3N3OS. The van der Waals surface area contributed by atoms with Gasteiger partial charge in [0, 0.05) is 12.3 Å². The Morgan fingerprint density at radius 1 is 1.47 bits per heavy atom. The Hall–Kier alpha value is -1.15. The van der Waals surface area contributed by atoms with Gasteiger partial charge in [-0.25, -0.2) is 4.98 Å². The minimum Gasteiger partial charge on any atom is -0.396 e. The maximum atomic E-state index is 12.5. The number of anilines is 2. The van der Waals surface area contributed by atoms with Crippen molar-refractivity contribution in [2.24, 2.45) is 0 Å². The first kappa shape index (κ1) is 15.9. The van der Waals surface area contributed by atoms with Gasteiger partial charge in [-0.15, -0.1) is 0 Å². The summed E-state index contributed by atoms with van der Waals surface area (Å²) < 4.78 is 37.5. The fourth-order valence-corrected chi connectivity index (χ4v) is 2.15. The lowest BCUT2D eigenvalue weighted by atomic mass is 10.1. The van der Waals surface area contributed by atoms with Gasteiger partial charge in [-0.1, -0.05) is 0 Å². The molecule has 1 rings (SSSR count). The normalized spacial score (nSPS) is 15.1. The van der Waals surface area contributed by atoms with E-state index in [9.17, 15) is 18.3 Å². The average molecular weight is 295 g/mol. The number of aromatic nitrogens is 1. The van der Waals surface area contributed by atoms with Crippen LogP contribution in [0, 0.1) is 0 Å². The number of nitrogens with two attached hydrogens (primary N) is 1. The number of alkyl halides is 3. The second kappa shape index (κ2) is 5.87. The number of thioether (sulfide) groups is 1. The van der Waals surface area contributed by atoms with E-state index in [4.69, 9.17) is 5.73 Å². The minimum atomic E-state index is -4.52. The van der Waals surface area contributed by atoms with Crippen LogP contribution >= 0.6 is 11.8 Å². The Labute approximate surface area is 113 Å². The predicted octanol–water partition coefficient (Wildman–Crippen LogP) is 2.21. The van der Waals surface area contributed by atoms with E-state index in [1.807, 2.05) is 6.26 Å². The Balaban J connectivity index is 2.84. The van der Waals surface area contributed by atoms with E-state index in [0.717, 1.165) is 12.3 Å². The summed E-state index contributed by atoms with van der Waals surface area (Å²) in [6, 6.07) is 0.838. The van der Waals surface area contributed by atoms with Crippen molar-refractivity contribution in [3.05, 3.63) is 18.0 Å². The third-order valence-electron chi connectivity index (χ3n) is 2.34. The number of aliphatic hydroxyl groups is 1. The number of halogens is 3. The average Bonchev–Trinajstić information content (AvgIpc) is 2.26. The molecule has 0 bridgehead atoms. The van der Waals surface area contributed by atoms with Crippen molar-refractivity contribution in [3.8, 4) is 0 Å². The zero-order valence-corrected chi connectivity index (χ0v) is 11.4. The van der Waals surface area contributed by atoms with Gasteiger partial charge in [-0.3, -0.25) is 0 Å².